The number of anilines is 1. The van der Waals surface area contributed by atoms with Crippen LogP contribution in [0.3, 0.4) is 0 Å². The van der Waals surface area contributed by atoms with Gasteiger partial charge in [0.25, 0.3) is 10.2 Å². The Morgan fingerprint density at radius 3 is 2.72 bits per heavy atom. The van der Waals surface area contributed by atoms with Crippen LogP contribution in [0, 0.1) is 11.7 Å². The summed E-state index contributed by atoms with van der Waals surface area (Å²) < 4.78 is 41.8. The lowest BCUT2D eigenvalue weighted by molar-refractivity contribution is 0.189. The summed E-state index contributed by atoms with van der Waals surface area (Å²) in [5, 5.41) is 22.8. The average molecular weight is 484 g/mol. The molecule has 150 valence electrons. The summed E-state index contributed by atoms with van der Waals surface area (Å²) in [5.74, 6) is -1.24. The number of aromatic nitrogens is 2. The lowest BCUT2D eigenvalue weighted by Crippen LogP contribution is -2.64. The van der Waals surface area contributed by atoms with E-state index in [1.54, 1.807) is 0 Å². The van der Waals surface area contributed by atoms with Crippen LogP contribution in [0.5, 0.6) is 0 Å². The minimum absolute atomic E-state index is 0.00223. The zero-order chi connectivity index (χ0) is 21.4. The van der Waals surface area contributed by atoms with Gasteiger partial charge in [0.2, 0.25) is 5.82 Å². The molecule has 1 aromatic heterocycles. The van der Waals surface area contributed by atoms with Crippen molar-refractivity contribution in [3.63, 3.8) is 0 Å². The van der Waals surface area contributed by atoms with Crippen LogP contribution in [0.25, 0.3) is 0 Å². The number of nitrogens with two attached hydrogens (primary N) is 1. The maximum atomic E-state index is 13.4. The average Bonchev–Trinajstić information content (AvgIpc) is 2.99. The third-order valence-corrected chi connectivity index (χ3v) is 5.81. The van der Waals surface area contributed by atoms with Gasteiger partial charge in [-0.2, -0.15) is 12.7 Å². The molecular weight excluding hydrogens is 471 g/mol. The SMILES string of the molecule is [B]C([B])(Nc1nonc1C(=Nc1ccc(F)c(Br)c1)NO)C1CN(S(N)(=O)=O)C1. The van der Waals surface area contributed by atoms with Gasteiger partial charge in [0.15, 0.2) is 11.5 Å². The molecule has 2 aromatic rings. The lowest BCUT2D eigenvalue weighted by atomic mass is 9.53. The highest BCUT2D eigenvalue weighted by Crippen LogP contribution is 2.29. The van der Waals surface area contributed by atoms with E-state index in [2.05, 4.69) is 41.2 Å². The molecule has 3 rings (SSSR count). The Morgan fingerprint density at radius 2 is 2.14 bits per heavy atom. The van der Waals surface area contributed by atoms with Crippen LogP contribution in [0.2, 0.25) is 0 Å². The molecule has 0 amide bonds. The monoisotopic (exact) mass is 483 g/mol. The summed E-state index contributed by atoms with van der Waals surface area (Å²) in [5.41, 5.74) is 2.05. The van der Waals surface area contributed by atoms with Crippen molar-refractivity contribution in [3.8, 4) is 0 Å². The summed E-state index contributed by atoms with van der Waals surface area (Å²) in [4.78, 5) is 4.11. The normalized spacial score (nSPS) is 16.5. The first-order valence-corrected chi connectivity index (χ1v) is 10.2. The van der Waals surface area contributed by atoms with Crippen molar-refractivity contribution in [2.75, 3.05) is 18.4 Å². The van der Waals surface area contributed by atoms with Crippen LogP contribution in [-0.4, -0.2) is 68.2 Å². The van der Waals surface area contributed by atoms with Crippen LogP contribution >= 0.6 is 15.9 Å². The third-order valence-electron chi connectivity index (χ3n) is 4.18. The van der Waals surface area contributed by atoms with E-state index in [0.717, 1.165) is 4.31 Å². The molecule has 1 saturated heterocycles. The number of hydrogen-bond acceptors (Lipinski definition) is 8. The van der Waals surface area contributed by atoms with Crippen LogP contribution in [0.1, 0.15) is 5.69 Å². The molecule has 29 heavy (non-hydrogen) atoms. The van der Waals surface area contributed by atoms with Crippen molar-refractivity contribution < 1.29 is 22.6 Å². The fourth-order valence-corrected chi connectivity index (χ4v) is 3.64. The van der Waals surface area contributed by atoms with Crippen LogP contribution in [-0.2, 0) is 10.2 Å². The molecule has 2 heterocycles. The van der Waals surface area contributed by atoms with E-state index in [-0.39, 0.29) is 40.6 Å². The number of hydroxylamine groups is 1. The predicted molar refractivity (Wildman–Crippen MR) is 106 cm³/mol. The molecule has 5 N–H and O–H groups in total. The first-order chi connectivity index (χ1) is 13.5. The number of halogens is 2. The highest BCUT2D eigenvalue weighted by Gasteiger charge is 2.42. The summed E-state index contributed by atoms with van der Waals surface area (Å²) in [6, 6.07) is 3.92. The van der Waals surface area contributed by atoms with Gasteiger partial charge in [-0.25, -0.2) is 19.2 Å². The Morgan fingerprint density at radius 1 is 1.45 bits per heavy atom. The molecule has 0 saturated carbocycles. The summed E-state index contributed by atoms with van der Waals surface area (Å²) in [7, 11) is 8.25. The second kappa shape index (κ2) is 8.02. The quantitative estimate of drug-likeness (QED) is 0.186. The molecule has 11 nitrogen and oxygen atoms in total. The maximum Gasteiger partial charge on any atom is 0.276 e. The molecule has 0 unspecified atom stereocenters. The van der Waals surface area contributed by atoms with Crippen molar-refractivity contribution in [3.05, 3.63) is 34.2 Å². The summed E-state index contributed by atoms with van der Waals surface area (Å²) >= 11 is 3.04. The number of hydrogen-bond donors (Lipinski definition) is 4. The van der Waals surface area contributed by atoms with Gasteiger partial charge in [-0.3, -0.25) is 10.7 Å². The predicted octanol–water partition coefficient (Wildman–Crippen LogP) is -0.434. The molecule has 1 aliphatic rings. The van der Waals surface area contributed by atoms with E-state index in [1.165, 1.54) is 18.2 Å². The van der Waals surface area contributed by atoms with E-state index >= 15 is 0 Å². The molecule has 0 aliphatic carbocycles. The summed E-state index contributed by atoms with van der Waals surface area (Å²) in [6.07, 6.45) is 0. The van der Waals surface area contributed by atoms with Crippen LogP contribution in [0.4, 0.5) is 15.9 Å². The molecule has 1 aliphatic heterocycles. The Bertz CT molecular complexity index is 1050. The van der Waals surface area contributed by atoms with Crippen LogP contribution in [0.15, 0.2) is 32.3 Å². The van der Waals surface area contributed by atoms with Gasteiger partial charge in [-0.05, 0) is 55.7 Å². The van der Waals surface area contributed by atoms with Gasteiger partial charge in [0.05, 0.1) is 25.9 Å². The molecule has 0 atom stereocenters. The Hall–Kier alpha value is -2.00. The second-order valence-corrected chi connectivity index (χ2v) is 8.65. The molecule has 0 bridgehead atoms. The van der Waals surface area contributed by atoms with Gasteiger partial charge < -0.3 is 5.32 Å². The van der Waals surface area contributed by atoms with Gasteiger partial charge in [0.1, 0.15) is 5.82 Å². The maximum absolute atomic E-state index is 13.4. The van der Waals surface area contributed by atoms with Gasteiger partial charge in [-0.1, -0.05) is 0 Å². The minimum Gasteiger partial charge on any atom is -0.377 e. The van der Waals surface area contributed by atoms with Crippen molar-refractivity contribution in [2.45, 2.75) is 5.34 Å². The molecule has 1 aromatic carbocycles. The van der Waals surface area contributed by atoms with Crippen molar-refractivity contribution in [1.29, 1.82) is 0 Å². The van der Waals surface area contributed by atoms with Crippen molar-refractivity contribution in [2.24, 2.45) is 16.0 Å². The molecule has 0 spiro atoms. The second-order valence-electron chi connectivity index (χ2n) is 6.25. The number of nitrogens with zero attached hydrogens (tertiary/aromatic N) is 4. The topological polar surface area (TPSA) is 159 Å². The fourth-order valence-electron chi connectivity index (χ4n) is 2.50. The molecule has 16 heteroatoms. The smallest absolute Gasteiger partial charge is 0.276 e. The highest BCUT2D eigenvalue weighted by atomic mass is 79.9. The Kier molecular flexibility index (Phi) is 6.01. The van der Waals surface area contributed by atoms with Crippen molar-refractivity contribution >= 4 is 59.2 Å². The first-order valence-electron chi connectivity index (χ1n) is 7.92. The molecule has 1 fully saturated rings. The third kappa shape index (κ3) is 4.78. The van der Waals surface area contributed by atoms with E-state index in [4.69, 9.17) is 20.8 Å². The largest absolute Gasteiger partial charge is 0.377 e. The molecular formula is C13H13B2BrFN7O4S. The van der Waals surface area contributed by atoms with Gasteiger partial charge in [0, 0.05) is 13.1 Å². The van der Waals surface area contributed by atoms with Crippen molar-refractivity contribution in [1.82, 2.24) is 20.1 Å². The Balaban J connectivity index is 1.80. The van der Waals surface area contributed by atoms with E-state index in [9.17, 15) is 18.0 Å². The zero-order valence-corrected chi connectivity index (χ0v) is 17.0. The molecule has 4 radical (unpaired) electrons. The highest BCUT2D eigenvalue weighted by molar-refractivity contribution is 9.10. The number of rotatable bonds is 6. The summed E-state index contributed by atoms with van der Waals surface area (Å²) in [6.45, 7) is 0.00446. The van der Waals surface area contributed by atoms with Gasteiger partial charge >= 0.3 is 0 Å². The zero-order valence-electron chi connectivity index (χ0n) is 14.6. The number of aliphatic imine (C=N–C) groups is 1. The number of benzene rings is 1. The Labute approximate surface area is 176 Å². The first kappa shape index (κ1) is 21.7. The van der Waals surface area contributed by atoms with E-state index in [0.29, 0.717) is 0 Å². The van der Waals surface area contributed by atoms with Gasteiger partial charge in [-0.15, -0.1) is 0 Å². The minimum atomic E-state index is -3.83. The van der Waals surface area contributed by atoms with E-state index in [1.807, 2.05) is 5.48 Å². The fraction of sp³-hybridized carbons (Fsp3) is 0.308. The van der Waals surface area contributed by atoms with Crippen LogP contribution < -0.4 is 15.9 Å². The lowest BCUT2D eigenvalue weighted by Gasteiger charge is -2.47. The number of amidine groups is 1. The van der Waals surface area contributed by atoms with E-state index < -0.39 is 27.3 Å². The number of nitrogens with one attached hydrogen (secondary N) is 2. The standard InChI is InChI=1S/C13H13B2BrFN7O4S/c14-13(15,6-4-24(5-6)29(18,26)27)20-12-10(22-28-23-12)11(21-25)19-7-1-2-9(17)8(16)3-7/h1-3,6,25H,4-5H2,(H,19,21)(H,20,23)(H2,18,26,27).